The highest BCUT2D eigenvalue weighted by atomic mass is 35.5. The summed E-state index contributed by atoms with van der Waals surface area (Å²) in [5, 5.41) is 0.758. The second-order valence-electron chi connectivity index (χ2n) is 2.57. The van der Waals surface area contributed by atoms with Crippen LogP contribution >= 0.6 is 23.2 Å². The Balaban J connectivity index is 2.49. The summed E-state index contributed by atoms with van der Waals surface area (Å²) in [5.41, 5.74) is 1.27. The number of rotatable bonds is 1. The van der Waals surface area contributed by atoms with E-state index in [1.54, 1.807) is 24.4 Å². The molecule has 0 spiro atoms. The zero-order chi connectivity index (χ0) is 9.97. The van der Waals surface area contributed by atoms with Crippen LogP contribution in [0, 0.1) is 0 Å². The summed E-state index contributed by atoms with van der Waals surface area (Å²) in [6, 6.07) is 5.29. The predicted octanol–water partition coefficient (Wildman–Crippen LogP) is 2.85. The average Bonchev–Trinajstić information content (AvgIpc) is 2.18. The van der Waals surface area contributed by atoms with E-state index in [4.69, 9.17) is 23.2 Å². The summed E-state index contributed by atoms with van der Waals surface area (Å²) in [5.74, 6) is 0. The Kier molecular flexibility index (Phi) is 2.61. The van der Waals surface area contributed by atoms with Crippen molar-refractivity contribution in [3.63, 3.8) is 0 Å². The minimum Gasteiger partial charge on any atom is -0.259 e. The highest BCUT2D eigenvalue weighted by Gasteiger charge is 2.02. The maximum absolute atomic E-state index is 5.74. The van der Waals surface area contributed by atoms with Crippen molar-refractivity contribution in [2.45, 2.75) is 0 Å². The van der Waals surface area contributed by atoms with E-state index in [-0.39, 0.29) is 0 Å². The van der Waals surface area contributed by atoms with Crippen LogP contribution in [0.1, 0.15) is 0 Å². The first-order chi connectivity index (χ1) is 6.75. The van der Waals surface area contributed by atoms with E-state index in [1.807, 2.05) is 0 Å². The van der Waals surface area contributed by atoms with Crippen molar-refractivity contribution in [3.05, 3.63) is 40.9 Å². The number of halogens is 2. The fourth-order valence-electron chi connectivity index (χ4n) is 1.02. The molecule has 0 amide bonds. The molecule has 0 aliphatic carbocycles. The highest BCUT2D eigenvalue weighted by Crippen LogP contribution is 2.17. The van der Waals surface area contributed by atoms with E-state index < -0.39 is 0 Å². The molecule has 2 aromatic rings. The third-order valence-electron chi connectivity index (χ3n) is 1.58. The van der Waals surface area contributed by atoms with Gasteiger partial charge in [0, 0.05) is 0 Å². The van der Waals surface area contributed by atoms with Crippen LogP contribution in [-0.4, -0.2) is 15.0 Å². The van der Waals surface area contributed by atoms with Crippen molar-refractivity contribution >= 4 is 23.2 Å². The first kappa shape index (κ1) is 9.37. The lowest BCUT2D eigenvalue weighted by Gasteiger charge is -1.99. The largest absolute Gasteiger partial charge is 0.259 e. The zero-order valence-electron chi connectivity index (χ0n) is 6.98. The number of aromatic nitrogens is 3. The van der Waals surface area contributed by atoms with Gasteiger partial charge in [0.25, 0.3) is 0 Å². The first-order valence-corrected chi connectivity index (χ1v) is 4.62. The number of hydrogen-bond donors (Lipinski definition) is 0. The van der Waals surface area contributed by atoms with Crippen molar-refractivity contribution < 1.29 is 0 Å². The topological polar surface area (TPSA) is 38.7 Å². The Morgan fingerprint density at radius 3 is 2.36 bits per heavy atom. The molecule has 0 fully saturated rings. The molecule has 2 aromatic heterocycles. The van der Waals surface area contributed by atoms with Crippen molar-refractivity contribution in [1.82, 2.24) is 15.0 Å². The lowest BCUT2D eigenvalue weighted by molar-refractivity contribution is 1.18. The van der Waals surface area contributed by atoms with Crippen LogP contribution in [0.4, 0.5) is 0 Å². The summed E-state index contributed by atoms with van der Waals surface area (Å²) >= 11 is 11.4. The fraction of sp³-hybridized carbons (Fsp3) is 0. The Morgan fingerprint density at radius 1 is 0.857 bits per heavy atom. The summed E-state index contributed by atoms with van der Waals surface area (Å²) in [6.07, 6.45) is 3.06. The van der Waals surface area contributed by atoms with Gasteiger partial charge in [-0.3, -0.25) is 4.98 Å². The van der Waals surface area contributed by atoms with E-state index in [9.17, 15) is 0 Å². The molecule has 0 unspecified atom stereocenters. The van der Waals surface area contributed by atoms with Crippen molar-refractivity contribution in [3.8, 4) is 11.4 Å². The summed E-state index contributed by atoms with van der Waals surface area (Å²) in [6.45, 7) is 0. The molecule has 14 heavy (non-hydrogen) atoms. The van der Waals surface area contributed by atoms with Gasteiger partial charge in [-0.2, -0.15) is 0 Å². The van der Waals surface area contributed by atoms with E-state index in [2.05, 4.69) is 15.0 Å². The number of hydrogen-bond acceptors (Lipinski definition) is 3. The monoisotopic (exact) mass is 225 g/mol. The molecule has 2 rings (SSSR count). The van der Waals surface area contributed by atoms with E-state index in [0.29, 0.717) is 21.7 Å². The molecule has 0 aliphatic rings. The second-order valence-corrected chi connectivity index (χ2v) is 3.35. The lowest BCUT2D eigenvalue weighted by atomic mass is 10.3. The minimum atomic E-state index is 0.337. The molecular formula is C9H5Cl2N3. The maximum Gasteiger partial charge on any atom is 0.148 e. The smallest absolute Gasteiger partial charge is 0.148 e. The van der Waals surface area contributed by atoms with Crippen LogP contribution < -0.4 is 0 Å². The van der Waals surface area contributed by atoms with Crippen LogP contribution in [0.25, 0.3) is 11.4 Å². The first-order valence-electron chi connectivity index (χ1n) is 3.86. The van der Waals surface area contributed by atoms with Gasteiger partial charge in [0.2, 0.25) is 0 Å². The van der Waals surface area contributed by atoms with Gasteiger partial charge in [-0.25, -0.2) is 9.97 Å². The van der Waals surface area contributed by atoms with Gasteiger partial charge in [0.1, 0.15) is 16.0 Å². The lowest BCUT2D eigenvalue weighted by Crippen LogP contribution is -1.89. The van der Waals surface area contributed by atoms with E-state index in [0.717, 1.165) is 0 Å². The molecule has 0 radical (unpaired) electrons. The van der Waals surface area contributed by atoms with Gasteiger partial charge in [0.15, 0.2) is 0 Å². The van der Waals surface area contributed by atoms with Crippen LogP contribution in [0.15, 0.2) is 30.6 Å². The SMILES string of the molecule is Clc1cccc(-c2cncc(Cl)n2)n1. The van der Waals surface area contributed by atoms with Crippen LogP contribution in [0.2, 0.25) is 10.3 Å². The standard InChI is InChI=1S/C9H5Cl2N3/c10-8-3-1-2-6(13-8)7-4-12-5-9(11)14-7/h1-5H. The Bertz CT molecular complexity index is 416. The van der Waals surface area contributed by atoms with Gasteiger partial charge in [-0.1, -0.05) is 29.3 Å². The Hall–Kier alpha value is -1.19. The van der Waals surface area contributed by atoms with Crippen LogP contribution in [-0.2, 0) is 0 Å². The molecule has 5 heteroatoms. The molecule has 0 aromatic carbocycles. The third kappa shape index (κ3) is 2.00. The quantitative estimate of drug-likeness (QED) is 0.701. The Morgan fingerprint density at radius 2 is 1.64 bits per heavy atom. The normalized spacial score (nSPS) is 10.1. The summed E-state index contributed by atoms with van der Waals surface area (Å²) in [4.78, 5) is 12.1. The maximum atomic E-state index is 5.74. The predicted molar refractivity (Wildman–Crippen MR) is 55.3 cm³/mol. The summed E-state index contributed by atoms with van der Waals surface area (Å²) in [7, 11) is 0. The molecule has 0 N–H and O–H groups in total. The van der Waals surface area contributed by atoms with Gasteiger partial charge in [-0.05, 0) is 12.1 Å². The number of nitrogens with zero attached hydrogens (tertiary/aromatic N) is 3. The molecule has 0 saturated heterocycles. The summed E-state index contributed by atoms with van der Waals surface area (Å²) < 4.78 is 0. The fourth-order valence-corrected chi connectivity index (χ4v) is 1.33. The van der Waals surface area contributed by atoms with E-state index >= 15 is 0 Å². The van der Waals surface area contributed by atoms with Gasteiger partial charge in [-0.15, -0.1) is 0 Å². The van der Waals surface area contributed by atoms with Crippen LogP contribution in [0.5, 0.6) is 0 Å². The molecule has 0 saturated carbocycles. The van der Waals surface area contributed by atoms with Crippen molar-refractivity contribution in [1.29, 1.82) is 0 Å². The van der Waals surface area contributed by atoms with Crippen molar-refractivity contribution in [2.24, 2.45) is 0 Å². The Labute approximate surface area is 90.8 Å². The molecular weight excluding hydrogens is 221 g/mol. The van der Waals surface area contributed by atoms with Gasteiger partial charge < -0.3 is 0 Å². The zero-order valence-corrected chi connectivity index (χ0v) is 8.50. The van der Waals surface area contributed by atoms with Crippen LogP contribution in [0.3, 0.4) is 0 Å². The molecule has 3 nitrogen and oxygen atoms in total. The average molecular weight is 226 g/mol. The third-order valence-corrected chi connectivity index (χ3v) is 1.98. The number of pyridine rings is 1. The van der Waals surface area contributed by atoms with Crippen molar-refractivity contribution in [2.75, 3.05) is 0 Å². The van der Waals surface area contributed by atoms with Gasteiger partial charge in [0.05, 0.1) is 18.1 Å². The molecule has 0 aliphatic heterocycles. The highest BCUT2D eigenvalue weighted by molar-refractivity contribution is 6.29. The second kappa shape index (κ2) is 3.90. The molecule has 0 atom stereocenters. The van der Waals surface area contributed by atoms with Gasteiger partial charge >= 0.3 is 0 Å². The minimum absolute atomic E-state index is 0.337. The molecule has 0 bridgehead atoms. The molecule has 2 heterocycles. The molecule has 70 valence electrons. The van der Waals surface area contributed by atoms with E-state index in [1.165, 1.54) is 6.20 Å².